The molecule has 3 heterocycles. The van der Waals surface area contributed by atoms with Gasteiger partial charge in [0.2, 0.25) is 5.71 Å². The van der Waals surface area contributed by atoms with Gasteiger partial charge in [-0.15, -0.1) is 0 Å². The van der Waals surface area contributed by atoms with E-state index in [4.69, 9.17) is 16.8 Å². The van der Waals surface area contributed by atoms with Crippen molar-refractivity contribution in [3.8, 4) is 11.3 Å². The van der Waals surface area contributed by atoms with Gasteiger partial charge in [-0.25, -0.2) is 4.98 Å². The molecule has 3 nitrogen and oxygen atoms in total. The number of nitrogens with zero attached hydrogens (tertiary/aromatic N) is 2. The van der Waals surface area contributed by atoms with E-state index in [1.807, 2.05) is 0 Å². The average molecular weight is 486 g/mol. The van der Waals surface area contributed by atoms with Crippen LogP contribution in [0.5, 0.6) is 0 Å². The monoisotopic (exact) mass is 485 g/mol. The minimum atomic E-state index is -2.96. The maximum atomic E-state index is 9.36. The Morgan fingerprint density at radius 2 is 1.75 bits per heavy atom. The lowest BCUT2D eigenvalue weighted by atomic mass is 9.82. The average Bonchev–Trinajstić information content (AvgIpc) is 3.48. The summed E-state index contributed by atoms with van der Waals surface area (Å²) in [5.74, 6) is 0. The van der Waals surface area contributed by atoms with Gasteiger partial charge in [0.05, 0.1) is 5.69 Å². The Morgan fingerprint density at radius 1 is 0.972 bits per heavy atom. The Balaban J connectivity index is 1.46. The third kappa shape index (κ3) is 3.48. The van der Waals surface area contributed by atoms with Crippen molar-refractivity contribution in [3.05, 3.63) is 94.3 Å². The van der Waals surface area contributed by atoms with Gasteiger partial charge >= 0.3 is 0 Å². The molecule has 180 valence electrons. The maximum absolute atomic E-state index is 9.36. The van der Waals surface area contributed by atoms with Crippen LogP contribution in [0.1, 0.15) is 72.1 Å². The van der Waals surface area contributed by atoms with Gasteiger partial charge in [0, 0.05) is 46.0 Å². The fraction of sp³-hybridized carbons (Fsp3) is 0.333. The molecule has 0 fully saturated rings. The van der Waals surface area contributed by atoms with Crippen LogP contribution in [-0.4, -0.2) is 9.97 Å². The Labute approximate surface area is 230 Å². The molecule has 0 bridgehead atoms. The van der Waals surface area contributed by atoms with Gasteiger partial charge < -0.3 is 4.42 Å². The van der Waals surface area contributed by atoms with E-state index in [1.54, 1.807) is 39.0 Å². The highest BCUT2D eigenvalue weighted by molar-refractivity contribution is 6.08. The Kier molecular flexibility index (Phi) is 2.55. The molecule has 5 aromatic rings. The minimum absolute atomic E-state index is 0.0528. The summed E-state index contributed by atoms with van der Waals surface area (Å²) in [5.41, 5.74) is -4.47. The Bertz CT molecular complexity index is 2180. The number of aryl methyl sites for hydroxylation is 1. The molecule has 7 rings (SSSR count). The first-order valence-corrected chi connectivity index (χ1v) is 11.9. The number of hydrogen-bond acceptors (Lipinski definition) is 3. The largest absolute Gasteiger partial charge is 0.437 e. The molecule has 0 amide bonds. The quantitative estimate of drug-likeness (QED) is 0.256. The van der Waals surface area contributed by atoms with Crippen LogP contribution < -0.4 is 0 Å². The number of para-hydroxylation sites is 1. The lowest BCUT2D eigenvalue weighted by Gasteiger charge is -2.21. The second kappa shape index (κ2) is 7.52. The molecule has 36 heavy (non-hydrogen) atoms. The van der Waals surface area contributed by atoms with Crippen molar-refractivity contribution >= 4 is 22.1 Å². The summed E-state index contributed by atoms with van der Waals surface area (Å²) in [6.45, 7) is 2.37. The van der Waals surface area contributed by atoms with Crippen LogP contribution >= 0.6 is 0 Å². The molecular formula is C33H32N2O. The molecule has 3 aromatic heterocycles. The van der Waals surface area contributed by atoms with E-state index in [-0.39, 0.29) is 50.2 Å². The molecular weight excluding hydrogens is 440 g/mol. The van der Waals surface area contributed by atoms with Crippen molar-refractivity contribution in [2.75, 3.05) is 0 Å². The topological polar surface area (TPSA) is 38.9 Å². The lowest BCUT2D eigenvalue weighted by Crippen LogP contribution is -2.21. The van der Waals surface area contributed by atoms with E-state index in [1.165, 1.54) is 36.4 Å². The first kappa shape index (κ1) is 12.2. The van der Waals surface area contributed by atoms with E-state index in [0.717, 1.165) is 6.20 Å². The molecule has 3 heteroatoms. The van der Waals surface area contributed by atoms with Gasteiger partial charge in [0.15, 0.2) is 0 Å². The molecule has 2 aliphatic carbocycles. The highest BCUT2D eigenvalue weighted by Crippen LogP contribution is 2.48. The van der Waals surface area contributed by atoms with Gasteiger partial charge in [0.25, 0.3) is 0 Å². The molecule has 0 atom stereocenters. The number of pyridine rings is 2. The molecule has 0 N–H and O–H groups in total. The fourth-order valence-corrected chi connectivity index (χ4v) is 4.90. The van der Waals surface area contributed by atoms with E-state index in [2.05, 4.69) is 9.97 Å². The number of aromatic nitrogens is 2. The van der Waals surface area contributed by atoms with Crippen LogP contribution in [0.2, 0.25) is 0 Å². The van der Waals surface area contributed by atoms with Crippen LogP contribution in [0.25, 0.3) is 33.3 Å². The fourth-order valence-electron chi connectivity index (χ4n) is 4.90. The summed E-state index contributed by atoms with van der Waals surface area (Å²) in [7, 11) is 0. The summed E-state index contributed by atoms with van der Waals surface area (Å²) >= 11 is 0. The standard InChI is InChI=1S/C33H32N2O/c1-20-19-34-28(13-23(20)14-32(2,3)4)26-11-7-10-25-27-12-24-17-33(15-21-8-5-6-9-22(21)16-33)18-29(24)35-31(27)36-30(25)26/h5-13,19H,14-18H2,1-4H3/i1D3,14D2,15D2,16D2,17D2,18D2. The molecule has 0 saturated heterocycles. The highest BCUT2D eigenvalue weighted by Gasteiger charge is 2.43. The first-order valence-electron chi connectivity index (χ1n) is 18.4. The second-order valence-electron chi connectivity index (χ2n) is 10.3. The lowest BCUT2D eigenvalue weighted by molar-refractivity contribution is 0.325. The number of furan rings is 1. The Morgan fingerprint density at radius 3 is 2.50 bits per heavy atom. The van der Waals surface area contributed by atoms with Crippen molar-refractivity contribution in [3.63, 3.8) is 0 Å². The van der Waals surface area contributed by atoms with Gasteiger partial charge in [0.1, 0.15) is 5.58 Å². The molecule has 0 unspecified atom stereocenters. The highest BCUT2D eigenvalue weighted by atomic mass is 16.3. The van der Waals surface area contributed by atoms with Crippen LogP contribution in [0, 0.1) is 17.7 Å². The van der Waals surface area contributed by atoms with Crippen molar-refractivity contribution in [1.82, 2.24) is 9.97 Å². The van der Waals surface area contributed by atoms with Gasteiger partial charge in [-0.05, 0) is 95.6 Å². The van der Waals surface area contributed by atoms with Crippen molar-refractivity contribution in [2.24, 2.45) is 10.8 Å². The minimum Gasteiger partial charge on any atom is -0.437 e. The summed E-state index contributed by atoms with van der Waals surface area (Å²) < 4.78 is 122. The molecule has 0 radical (unpaired) electrons. The summed E-state index contributed by atoms with van der Waals surface area (Å²) in [6.07, 6.45) is -12.4. The predicted octanol–water partition coefficient (Wildman–Crippen LogP) is 7.82. The molecule has 2 aromatic carbocycles. The summed E-state index contributed by atoms with van der Waals surface area (Å²) in [5, 5.41) is 0.691. The van der Waals surface area contributed by atoms with Gasteiger partial charge in [-0.1, -0.05) is 57.2 Å². The number of rotatable bonds is 2. The van der Waals surface area contributed by atoms with Crippen molar-refractivity contribution < 1.29 is 22.2 Å². The molecule has 0 aliphatic heterocycles. The smallest absolute Gasteiger partial charge is 0.227 e. The van der Waals surface area contributed by atoms with E-state index >= 15 is 0 Å². The molecule has 2 aliphatic rings. The Hall–Kier alpha value is -3.46. The first-order chi connectivity index (χ1) is 22.4. The second-order valence-corrected chi connectivity index (χ2v) is 10.3. The van der Waals surface area contributed by atoms with E-state index in [9.17, 15) is 5.48 Å². The number of fused-ring (bicyclic) bond motifs is 5. The predicted molar refractivity (Wildman–Crippen MR) is 146 cm³/mol. The zero-order valence-corrected chi connectivity index (χ0v) is 20.1. The van der Waals surface area contributed by atoms with Crippen molar-refractivity contribution in [1.29, 1.82) is 0 Å². The van der Waals surface area contributed by atoms with Gasteiger partial charge in [-0.3, -0.25) is 4.98 Å². The third-order valence-electron chi connectivity index (χ3n) is 6.38. The summed E-state index contributed by atoms with van der Waals surface area (Å²) in [4.78, 5) is 8.84. The maximum Gasteiger partial charge on any atom is 0.227 e. The van der Waals surface area contributed by atoms with E-state index < -0.39 is 55.2 Å². The third-order valence-corrected chi connectivity index (χ3v) is 6.38. The molecule has 1 spiro atoms. The zero-order chi connectivity index (χ0) is 36.1. The van der Waals surface area contributed by atoms with Crippen LogP contribution in [0.3, 0.4) is 0 Å². The number of hydrogen-bond donors (Lipinski definition) is 0. The molecule has 0 saturated carbocycles. The zero-order valence-electron chi connectivity index (χ0n) is 33.1. The van der Waals surface area contributed by atoms with Crippen molar-refractivity contribution in [2.45, 2.75) is 59.5 Å². The van der Waals surface area contributed by atoms with E-state index in [0.29, 0.717) is 10.9 Å². The normalized spacial score (nSPS) is 27.9. The van der Waals surface area contributed by atoms with Crippen LogP contribution in [0.4, 0.5) is 0 Å². The van der Waals surface area contributed by atoms with Crippen LogP contribution in [0.15, 0.2) is 65.2 Å². The number of benzene rings is 2. The summed E-state index contributed by atoms with van der Waals surface area (Å²) in [6, 6.07) is 13.5. The van der Waals surface area contributed by atoms with Crippen LogP contribution in [-0.2, 0) is 31.9 Å². The van der Waals surface area contributed by atoms with Gasteiger partial charge in [-0.2, -0.15) is 0 Å². The SMILES string of the molecule is [2H]C([2H])([2H])c1cnc(-c2cccc3c2oc2nc4c(cc23)C([2H])([2H])C2(C([2H])([2H])c3ccccc3C2([2H])[2H])C4([2H])[2H])cc1C([2H])([2H])C(C)(C)C.